The first-order valence-electron chi connectivity index (χ1n) is 10.2. The van der Waals surface area contributed by atoms with Crippen molar-refractivity contribution in [3.8, 4) is 17.0 Å². The van der Waals surface area contributed by atoms with E-state index in [2.05, 4.69) is 62.2 Å². The molecule has 3 heteroatoms. The first kappa shape index (κ1) is 19.8. The predicted molar refractivity (Wildman–Crippen MR) is 125 cm³/mol. The number of hydrogen-bond donors (Lipinski definition) is 1. The summed E-state index contributed by atoms with van der Waals surface area (Å²) in [5.41, 5.74) is 4.67. The zero-order valence-corrected chi connectivity index (χ0v) is 17.6. The molecule has 0 bridgehead atoms. The fourth-order valence-corrected chi connectivity index (χ4v) is 3.74. The highest BCUT2D eigenvalue weighted by molar-refractivity contribution is 6.06. The number of para-hydroxylation sites is 1. The number of pyridine rings is 1. The maximum absolute atomic E-state index is 10.3. The summed E-state index contributed by atoms with van der Waals surface area (Å²) in [7, 11) is 0. The molecule has 0 saturated heterocycles. The van der Waals surface area contributed by atoms with E-state index in [1.807, 2.05) is 42.6 Å². The molecule has 0 aliphatic heterocycles. The van der Waals surface area contributed by atoms with Crippen LogP contribution in [0.3, 0.4) is 0 Å². The number of phenolic OH excluding ortho intramolecular Hbond substituents is 1. The minimum atomic E-state index is -0.187. The Bertz CT molecular complexity index is 1210. The van der Waals surface area contributed by atoms with Crippen LogP contribution >= 0.6 is 0 Å². The first-order chi connectivity index (χ1) is 14.4. The van der Waals surface area contributed by atoms with Gasteiger partial charge in [0.05, 0.1) is 18.0 Å². The van der Waals surface area contributed by atoms with Crippen molar-refractivity contribution >= 4 is 16.5 Å². The van der Waals surface area contributed by atoms with Crippen LogP contribution < -0.4 is 0 Å². The lowest BCUT2D eigenvalue weighted by Crippen LogP contribution is -2.22. The molecule has 0 amide bonds. The molecule has 3 aromatic carbocycles. The van der Waals surface area contributed by atoms with Crippen LogP contribution in [0.4, 0.5) is 0 Å². The summed E-state index contributed by atoms with van der Waals surface area (Å²) >= 11 is 0. The third-order valence-corrected chi connectivity index (χ3v) is 5.16. The van der Waals surface area contributed by atoms with Gasteiger partial charge in [0.15, 0.2) is 0 Å². The van der Waals surface area contributed by atoms with Crippen LogP contribution in [-0.4, -0.2) is 15.8 Å². The van der Waals surface area contributed by atoms with E-state index in [4.69, 9.17) is 4.99 Å². The van der Waals surface area contributed by atoms with Gasteiger partial charge in [-0.2, -0.15) is 0 Å². The summed E-state index contributed by atoms with van der Waals surface area (Å²) in [6.07, 6.45) is 1.86. The standard InChI is InChI=1S/C27H26N2O/c1-27(2,3)26(23-13-6-7-14-24(23)30)29-18-19-9-8-11-21(17-19)25-22-12-5-4-10-20(22)15-16-28-25/h4-17,30H,18H2,1-3H3. The first-order valence-corrected chi connectivity index (χ1v) is 10.2. The molecule has 0 fully saturated rings. The second-order valence-electron chi connectivity index (χ2n) is 8.51. The Hall–Kier alpha value is -3.46. The third-order valence-electron chi connectivity index (χ3n) is 5.16. The van der Waals surface area contributed by atoms with E-state index in [0.717, 1.165) is 33.5 Å². The van der Waals surface area contributed by atoms with Crippen molar-refractivity contribution in [2.45, 2.75) is 27.3 Å². The molecule has 30 heavy (non-hydrogen) atoms. The number of rotatable bonds is 4. The molecule has 0 radical (unpaired) electrons. The van der Waals surface area contributed by atoms with E-state index in [1.165, 1.54) is 5.39 Å². The largest absolute Gasteiger partial charge is 0.507 e. The lowest BCUT2D eigenvalue weighted by atomic mass is 9.85. The Kier molecular flexibility index (Phi) is 5.37. The number of fused-ring (bicyclic) bond motifs is 1. The van der Waals surface area contributed by atoms with E-state index >= 15 is 0 Å². The Morgan fingerprint density at radius 2 is 1.67 bits per heavy atom. The number of phenols is 1. The molecule has 0 aliphatic rings. The number of aromatic nitrogens is 1. The maximum Gasteiger partial charge on any atom is 0.124 e. The smallest absolute Gasteiger partial charge is 0.124 e. The van der Waals surface area contributed by atoms with Crippen molar-refractivity contribution in [2.24, 2.45) is 10.4 Å². The topological polar surface area (TPSA) is 45.5 Å². The summed E-state index contributed by atoms with van der Waals surface area (Å²) < 4.78 is 0. The normalized spacial score (nSPS) is 12.3. The van der Waals surface area contributed by atoms with Gasteiger partial charge in [0.2, 0.25) is 0 Å². The van der Waals surface area contributed by atoms with Crippen molar-refractivity contribution in [3.05, 3.63) is 96.2 Å². The average molecular weight is 395 g/mol. The van der Waals surface area contributed by atoms with Crippen LogP contribution in [-0.2, 0) is 6.54 Å². The zero-order valence-electron chi connectivity index (χ0n) is 17.6. The summed E-state index contributed by atoms with van der Waals surface area (Å²) in [5, 5.41) is 12.7. The van der Waals surface area contributed by atoms with Crippen molar-refractivity contribution in [3.63, 3.8) is 0 Å². The van der Waals surface area contributed by atoms with Crippen LogP contribution in [0.5, 0.6) is 5.75 Å². The minimum Gasteiger partial charge on any atom is -0.507 e. The highest BCUT2D eigenvalue weighted by atomic mass is 16.3. The zero-order chi connectivity index (χ0) is 21.1. The molecule has 150 valence electrons. The second kappa shape index (κ2) is 8.11. The van der Waals surface area contributed by atoms with Crippen LogP contribution in [0.15, 0.2) is 90.1 Å². The minimum absolute atomic E-state index is 0.187. The molecule has 0 saturated carbocycles. The molecular formula is C27H26N2O. The van der Waals surface area contributed by atoms with Gasteiger partial charge in [0.1, 0.15) is 5.75 Å². The van der Waals surface area contributed by atoms with E-state index in [0.29, 0.717) is 6.54 Å². The van der Waals surface area contributed by atoms with Gasteiger partial charge in [-0.25, -0.2) is 0 Å². The quantitative estimate of drug-likeness (QED) is 0.394. The fourth-order valence-electron chi connectivity index (χ4n) is 3.74. The van der Waals surface area contributed by atoms with Gasteiger partial charge in [0.25, 0.3) is 0 Å². The summed E-state index contributed by atoms with van der Waals surface area (Å²) in [6, 6.07) is 26.1. The van der Waals surface area contributed by atoms with Crippen molar-refractivity contribution in [1.29, 1.82) is 0 Å². The number of benzene rings is 3. The van der Waals surface area contributed by atoms with Gasteiger partial charge < -0.3 is 5.11 Å². The lowest BCUT2D eigenvalue weighted by molar-refractivity contribution is 0.471. The van der Waals surface area contributed by atoms with Gasteiger partial charge in [-0.1, -0.05) is 75.4 Å². The highest BCUT2D eigenvalue weighted by Gasteiger charge is 2.22. The Balaban J connectivity index is 1.71. The van der Waals surface area contributed by atoms with Crippen LogP contribution in [0.25, 0.3) is 22.0 Å². The van der Waals surface area contributed by atoms with E-state index in [9.17, 15) is 5.11 Å². The van der Waals surface area contributed by atoms with Crippen LogP contribution in [0.2, 0.25) is 0 Å². The van der Waals surface area contributed by atoms with Gasteiger partial charge in [-0.05, 0) is 35.2 Å². The van der Waals surface area contributed by atoms with Gasteiger partial charge in [-0.15, -0.1) is 0 Å². The Labute approximate surface area is 177 Å². The predicted octanol–water partition coefficient (Wildman–Crippen LogP) is 6.64. The van der Waals surface area contributed by atoms with Crippen molar-refractivity contribution in [2.75, 3.05) is 0 Å². The summed E-state index contributed by atoms with van der Waals surface area (Å²) in [6.45, 7) is 6.90. The Morgan fingerprint density at radius 1 is 0.900 bits per heavy atom. The molecule has 0 unspecified atom stereocenters. The van der Waals surface area contributed by atoms with Crippen molar-refractivity contribution < 1.29 is 5.11 Å². The number of nitrogens with zero attached hydrogens (tertiary/aromatic N) is 2. The van der Waals surface area contributed by atoms with E-state index in [-0.39, 0.29) is 11.2 Å². The maximum atomic E-state index is 10.3. The molecular weight excluding hydrogens is 368 g/mol. The van der Waals surface area contributed by atoms with Crippen LogP contribution in [0, 0.1) is 5.41 Å². The summed E-state index contributed by atoms with van der Waals surface area (Å²) in [5.74, 6) is 0.264. The molecule has 1 heterocycles. The molecule has 0 atom stereocenters. The fraction of sp³-hybridized carbons (Fsp3) is 0.185. The second-order valence-corrected chi connectivity index (χ2v) is 8.51. The third kappa shape index (κ3) is 4.11. The number of aliphatic imine (C=N–C) groups is 1. The molecule has 3 nitrogen and oxygen atoms in total. The average Bonchev–Trinajstić information content (AvgIpc) is 2.74. The SMILES string of the molecule is CC(C)(C)C(=NCc1cccc(-c2nccc3ccccc23)c1)c1ccccc1O. The highest BCUT2D eigenvalue weighted by Crippen LogP contribution is 2.29. The Morgan fingerprint density at radius 3 is 2.47 bits per heavy atom. The number of aromatic hydroxyl groups is 1. The van der Waals surface area contributed by atoms with Gasteiger partial charge in [0, 0.05) is 28.1 Å². The molecule has 4 aromatic rings. The lowest BCUT2D eigenvalue weighted by Gasteiger charge is -2.23. The molecule has 0 aliphatic carbocycles. The molecule has 1 N–H and O–H groups in total. The van der Waals surface area contributed by atoms with Crippen molar-refractivity contribution in [1.82, 2.24) is 4.98 Å². The van der Waals surface area contributed by atoms with E-state index < -0.39 is 0 Å². The molecule has 1 aromatic heterocycles. The molecule has 4 rings (SSSR count). The monoisotopic (exact) mass is 394 g/mol. The van der Waals surface area contributed by atoms with Gasteiger partial charge >= 0.3 is 0 Å². The van der Waals surface area contributed by atoms with E-state index in [1.54, 1.807) is 6.07 Å². The summed E-state index contributed by atoms with van der Waals surface area (Å²) in [4.78, 5) is 9.57. The van der Waals surface area contributed by atoms with Gasteiger partial charge in [-0.3, -0.25) is 9.98 Å². The van der Waals surface area contributed by atoms with Crippen LogP contribution in [0.1, 0.15) is 31.9 Å². The molecule has 0 spiro atoms. The number of hydrogen-bond acceptors (Lipinski definition) is 3.